The van der Waals surface area contributed by atoms with Crippen molar-refractivity contribution >= 4 is 28.7 Å². The summed E-state index contributed by atoms with van der Waals surface area (Å²) in [7, 11) is 0. The van der Waals surface area contributed by atoms with Gasteiger partial charge in [-0.15, -0.1) is 0 Å². The second-order valence-electron chi connectivity index (χ2n) is 4.47. The van der Waals surface area contributed by atoms with E-state index in [1.807, 2.05) is 57.2 Å². The fraction of sp³-hybridized carbons (Fsp3) is 0.700. The molecule has 0 saturated heterocycles. The number of hydrogen-bond donors (Lipinski definition) is 1. The minimum atomic E-state index is -0.552. The Balaban J connectivity index is 4.25. The van der Waals surface area contributed by atoms with E-state index >= 15 is 0 Å². The Morgan fingerprint density at radius 2 is 1.79 bits per heavy atom. The number of carbonyl (C=O) groups excluding carboxylic acids is 1. The summed E-state index contributed by atoms with van der Waals surface area (Å²) in [6.45, 7) is 9.11. The molecule has 0 aromatic heterocycles. The third-order valence-electron chi connectivity index (χ3n) is 1.17. The van der Waals surface area contributed by atoms with Gasteiger partial charge in [0, 0.05) is 22.6 Å². The van der Waals surface area contributed by atoms with Crippen molar-refractivity contribution in [3.05, 3.63) is 0 Å². The van der Waals surface area contributed by atoms with Crippen molar-refractivity contribution in [2.75, 3.05) is 0 Å². The molecular formula is C10H16INO2. The monoisotopic (exact) mass is 309 g/mol. The minimum Gasteiger partial charge on any atom is -0.444 e. The van der Waals surface area contributed by atoms with Crippen molar-refractivity contribution in [3.8, 4) is 9.85 Å². The van der Waals surface area contributed by atoms with E-state index in [9.17, 15) is 4.79 Å². The quantitative estimate of drug-likeness (QED) is 0.597. The highest BCUT2D eigenvalue weighted by molar-refractivity contribution is 14.1. The van der Waals surface area contributed by atoms with E-state index in [4.69, 9.17) is 4.74 Å². The van der Waals surface area contributed by atoms with Gasteiger partial charge >= 0.3 is 6.09 Å². The highest BCUT2D eigenvalue weighted by atomic mass is 127. The Morgan fingerprint density at radius 1 is 1.29 bits per heavy atom. The fourth-order valence-electron chi connectivity index (χ4n) is 0.708. The average Bonchev–Trinajstić information content (AvgIpc) is 1.78. The van der Waals surface area contributed by atoms with Gasteiger partial charge in [-0.3, -0.25) is 0 Å². The first kappa shape index (κ1) is 13.6. The molecule has 0 rings (SSSR count). The molecule has 0 aromatic carbocycles. The molecule has 14 heavy (non-hydrogen) atoms. The lowest BCUT2D eigenvalue weighted by Gasteiger charge is -2.24. The lowest BCUT2D eigenvalue weighted by molar-refractivity contribution is 0.0494. The van der Waals surface area contributed by atoms with Crippen LogP contribution in [-0.2, 0) is 4.74 Å². The van der Waals surface area contributed by atoms with Crippen molar-refractivity contribution in [2.24, 2.45) is 0 Å². The van der Waals surface area contributed by atoms with Crippen molar-refractivity contribution in [2.45, 2.75) is 45.8 Å². The first-order chi connectivity index (χ1) is 6.16. The Labute approximate surface area is 99.1 Å². The first-order valence-corrected chi connectivity index (χ1v) is 5.38. The summed E-state index contributed by atoms with van der Waals surface area (Å²) in [6.07, 6.45) is -0.443. The number of ether oxygens (including phenoxy) is 1. The van der Waals surface area contributed by atoms with Crippen LogP contribution in [0.1, 0.15) is 34.6 Å². The normalized spacial score (nSPS) is 11.3. The predicted octanol–water partition coefficient (Wildman–Crippen LogP) is 2.69. The molecule has 3 nitrogen and oxygen atoms in total. The Bertz CT molecular complexity index is 268. The highest BCUT2D eigenvalue weighted by Gasteiger charge is 2.22. The van der Waals surface area contributed by atoms with Crippen LogP contribution in [-0.4, -0.2) is 17.2 Å². The van der Waals surface area contributed by atoms with Crippen molar-refractivity contribution in [3.63, 3.8) is 0 Å². The summed E-state index contributed by atoms with van der Waals surface area (Å²) in [5, 5.41) is 2.67. The third-order valence-corrected chi connectivity index (χ3v) is 1.44. The number of amides is 1. The Hall–Kier alpha value is -0.440. The van der Waals surface area contributed by atoms with E-state index in [-0.39, 0.29) is 0 Å². The molecule has 0 heterocycles. The molecule has 0 fully saturated rings. The van der Waals surface area contributed by atoms with Gasteiger partial charge in [-0.05, 0) is 38.5 Å². The second kappa shape index (κ2) is 4.87. The zero-order valence-electron chi connectivity index (χ0n) is 9.19. The van der Waals surface area contributed by atoms with E-state index < -0.39 is 17.2 Å². The molecule has 4 heteroatoms. The standard InChI is InChI=1S/C10H16INO2/c1-9(2,3)14-8(13)12-10(4,5)6-7-11/h1-5H3,(H,12,13). The number of hydrogen-bond acceptors (Lipinski definition) is 2. The molecule has 0 unspecified atom stereocenters. The summed E-state index contributed by atoms with van der Waals surface area (Å²) in [4.78, 5) is 11.3. The van der Waals surface area contributed by atoms with Crippen molar-refractivity contribution in [1.82, 2.24) is 5.32 Å². The SMILES string of the molecule is CC(C)(C#CI)NC(=O)OC(C)(C)C. The van der Waals surface area contributed by atoms with Gasteiger partial charge in [0.1, 0.15) is 5.60 Å². The summed E-state index contributed by atoms with van der Waals surface area (Å²) < 4.78 is 7.83. The van der Waals surface area contributed by atoms with Gasteiger partial charge in [0.25, 0.3) is 0 Å². The summed E-state index contributed by atoms with van der Waals surface area (Å²) in [5.74, 6) is 2.86. The highest BCUT2D eigenvalue weighted by Crippen LogP contribution is 2.08. The zero-order valence-corrected chi connectivity index (χ0v) is 11.4. The maximum absolute atomic E-state index is 11.3. The van der Waals surface area contributed by atoms with Gasteiger partial charge in [-0.1, -0.05) is 5.92 Å². The summed E-state index contributed by atoms with van der Waals surface area (Å²) in [6, 6.07) is 0. The number of halogens is 1. The van der Waals surface area contributed by atoms with Crippen LogP contribution in [0.2, 0.25) is 0 Å². The number of carbonyl (C=O) groups is 1. The Morgan fingerprint density at radius 3 is 2.14 bits per heavy atom. The molecular weight excluding hydrogens is 293 g/mol. The van der Waals surface area contributed by atoms with Gasteiger partial charge in [0.15, 0.2) is 0 Å². The van der Waals surface area contributed by atoms with Crippen LogP contribution < -0.4 is 5.32 Å². The molecule has 0 aromatic rings. The lowest BCUT2D eigenvalue weighted by atomic mass is 10.1. The van der Waals surface area contributed by atoms with Gasteiger partial charge in [-0.25, -0.2) is 4.79 Å². The first-order valence-electron chi connectivity index (χ1n) is 4.30. The molecule has 0 radical (unpaired) electrons. The van der Waals surface area contributed by atoms with Crippen LogP contribution in [0.15, 0.2) is 0 Å². The van der Waals surface area contributed by atoms with Gasteiger partial charge < -0.3 is 10.1 Å². The molecule has 0 spiro atoms. The zero-order chi connectivity index (χ0) is 11.4. The van der Waals surface area contributed by atoms with Crippen molar-refractivity contribution < 1.29 is 9.53 Å². The van der Waals surface area contributed by atoms with Crippen LogP contribution in [0.3, 0.4) is 0 Å². The van der Waals surface area contributed by atoms with Crippen LogP contribution in [0, 0.1) is 9.85 Å². The lowest BCUT2D eigenvalue weighted by Crippen LogP contribution is -2.44. The van der Waals surface area contributed by atoms with E-state index in [0.717, 1.165) is 0 Å². The van der Waals surface area contributed by atoms with Crippen LogP contribution in [0.5, 0.6) is 0 Å². The predicted molar refractivity (Wildman–Crippen MR) is 65.2 cm³/mol. The second-order valence-corrected chi connectivity index (χ2v) is 5.01. The van der Waals surface area contributed by atoms with Gasteiger partial charge in [-0.2, -0.15) is 0 Å². The number of nitrogens with one attached hydrogen (secondary N) is 1. The average molecular weight is 309 g/mol. The molecule has 0 atom stereocenters. The number of rotatable bonds is 1. The number of alkyl carbamates (subject to hydrolysis) is 1. The molecule has 0 aliphatic heterocycles. The molecule has 0 aliphatic carbocycles. The van der Waals surface area contributed by atoms with E-state index in [1.165, 1.54) is 0 Å². The summed E-state index contributed by atoms with van der Waals surface area (Å²) in [5.41, 5.74) is -1.03. The largest absolute Gasteiger partial charge is 0.444 e. The van der Waals surface area contributed by atoms with Crippen molar-refractivity contribution in [1.29, 1.82) is 0 Å². The smallest absolute Gasteiger partial charge is 0.408 e. The van der Waals surface area contributed by atoms with Crippen LogP contribution in [0.4, 0.5) is 4.79 Å². The van der Waals surface area contributed by atoms with E-state index in [0.29, 0.717) is 0 Å². The molecule has 0 saturated carbocycles. The van der Waals surface area contributed by atoms with Crippen LogP contribution in [0.25, 0.3) is 0 Å². The molecule has 80 valence electrons. The van der Waals surface area contributed by atoms with E-state index in [1.54, 1.807) is 0 Å². The molecule has 0 bridgehead atoms. The molecule has 1 N–H and O–H groups in total. The van der Waals surface area contributed by atoms with Crippen LogP contribution >= 0.6 is 22.6 Å². The Kier molecular flexibility index (Phi) is 4.72. The molecule has 0 aliphatic rings. The topological polar surface area (TPSA) is 38.3 Å². The maximum Gasteiger partial charge on any atom is 0.408 e. The summed E-state index contributed by atoms with van der Waals surface area (Å²) >= 11 is 1.93. The van der Waals surface area contributed by atoms with Gasteiger partial charge in [0.05, 0.1) is 5.54 Å². The minimum absolute atomic E-state index is 0.443. The third kappa shape index (κ3) is 7.01. The maximum atomic E-state index is 11.3. The van der Waals surface area contributed by atoms with E-state index in [2.05, 4.69) is 15.2 Å². The van der Waals surface area contributed by atoms with Gasteiger partial charge in [0.2, 0.25) is 0 Å². The fourth-order valence-corrected chi connectivity index (χ4v) is 1.38. The molecule has 1 amide bonds.